The first-order valence-corrected chi connectivity index (χ1v) is 14.3. The number of rotatable bonds is 8. The zero-order valence-electron chi connectivity index (χ0n) is 19.0. The van der Waals surface area contributed by atoms with Gasteiger partial charge in [0.05, 0.1) is 0 Å². The fourth-order valence-corrected chi connectivity index (χ4v) is 10.5. The van der Waals surface area contributed by atoms with Gasteiger partial charge in [-0.05, 0) is 113 Å². The van der Waals surface area contributed by atoms with Gasteiger partial charge >= 0.3 is 0 Å². The standard InChI is InChI=1S/C26H40N2O2S/c29-23(27-25-11-17-5-18(12-25)7-19(6-17)13-25)1-3-31-4-2-24(30)28-26-14-20-8-21(15-26)10-22(9-20)16-26/h17-22H,1-16H2,(H,27,29)(H,28,30). The molecule has 0 atom stereocenters. The van der Waals surface area contributed by atoms with Crippen molar-refractivity contribution in [2.45, 2.75) is 101 Å². The van der Waals surface area contributed by atoms with Gasteiger partial charge in [0.25, 0.3) is 0 Å². The summed E-state index contributed by atoms with van der Waals surface area (Å²) in [5.74, 6) is 7.37. The van der Waals surface area contributed by atoms with Crippen LogP contribution in [0.25, 0.3) is 0 Å². The highest BCUT2D eigenvalue weighted by Gasteiger charge is 2.52. The number of carbonyl (C=O) groups is 2. The lowest BCUT2D eigenvalue weighted by Crippen LogP contribution is -2.59. The molecule has 0 heterocycles. The van der Waals surface area contributed by atoms with Gasteiger partial charge in [0.2, 0.25) is 11.8 Å². The van der Waals surface area contributed by atoms with Crippen LogP contribution in [0.15, 0.2) is 0 Å². The first-order valence-electron chi connectivity index (χ1n) is 13.2. The summed E-state index contributed by atoms with van der Waals surface area (Å²) in [6.07, 6.45) is 17.0. The second-order valence-corrected chi connectivity index (χ2v) is 13.8. The van der Waals surface area contributed by atoms with E-state index in [9.17, 15) is 9.59 Å². The Labute approximate surface area is 191 Å². The average Bonchev–Trinajstić information content (AvgIpc) is 2.64. The van der Waals surface area contributed by atoms with Gasteiger partial charge in [-0.25, -0.2) is 0 Å². The van der Waals surface area contributed by atoms with Gasteiger partial charge in [-0.2, -0.15) is 11.8 Å². The van der Waals surface area contributed by atoms with Crippen molar-refractivity contribution in [3.05, 3.63) is 0 Å². The van der Waals surface area contributed by atoms with E-state index in [0.29, 0.717) is 12.8 Å². The van der Waals surface area contributed by atoms with Crippen LogP contribution in [0.1, 0.15) is 89.9 Å². The lowest BCUT2D eigenvalue weighted by atomic mass is 9.53. The molecule has 0 aromatic rings. The first kappa shape index (κ1) is 20.9. The maximum atomic E-state index is 12.6. The lowest BCUT2D eigenvalue weighted by molar-refractivity contribution is -0.127. The monoisotopic (exact) mass is 444 g/mol. The first-order chi connectivity index (χ1) is 15.0. The minimum Gasteiger partial charge on any atom is -0.351 e. The van der Waals surface area contributed by atoms with Crippen LogP contribution in [0.2, 0.25) is 0 Å². The minimum atomic E-state index is 0.133. The third-order valence-electron chi connectivity index (χ3n) is 9.83. The van der Waals surface area contributed by atoms with Crippen LogP contribution < -0.4 is 10.6 Å². The van der Waals surface area contributed by atoms with Gasteiger partial charge in [0.15, 0.2) is 0 Å². The molecule has 8 aliphatic carbocycles. The van der Waals surface area contributed by atoms with Crippen molar-refractivity contribution in [3.8, 4) is 0 Å². The largest absolute Gasteiger partial charge is 0.351 e. The van der Waals surface area contributed by atoms with Crippen molar-refractivity contribution in [1.82, 2.24) is 10.6 Å². The molecule has 2 N–H and O–H groups in total. The predicted molar refractivity (Wildman–Crippen MR) is 125 cm³/mol. The maximum absolute atomic E-state index is 12.6. The highest BCUT2D eigenvalue weighted by atomic mass is 32.2. The van der Waals surface area contributed by atoms with Crippen molar-refractivity contribution < 1.29 is 9.59 Å². The van der Waals surface area contributed by atoms with Crippen LogP contribution >= 0.6 is 11.8 Å². The summed E-state index contributed by atoms with van der Waals surface area (Å²) in [5, 5.41) is 6.96. The highest BCUT2D eigenvalue weighted by Crippen LogP contribution is 2.56. The zero-order chi connectivity index (χ0) is 21.1. The molecule has 0 saturated heterocycles. The molecular formula is C26H40N2O2S. The topological polar surface area (TPSA) is 58.2 Å². The third kappa shape index (κ3) is 4.29. The number of hydrogen-bond donors (Lipinski definition) is 2. The Morgan fingerprint density at radius 2 is 0.871 bits per heavy atom. The second kappa shape index (κ2) is 7.95. The molecular weight excluding hydrogens is 404 g/mol. The molecule has 0 radical (unpaired) electrons. The van der Waals surface area contributed by atoms with Crippen LogP contribution in [0.4, 0.5) is 0 Å². The van der Waals surface area contributed by atoms with Crippen molar-refractivity contribution in [2.24, 2.45) is 35.5 Å². The molecule has 31 heavy (non-hydrogen) atoms. The van der Waals surface area contributed by atoms with Gasteiger partial charge in [0, 0.05) is 35.4 Å². The second-order valence-electron chi connectivity index (χ2n) is 12.6. The summed E-state index contributed by atoms with van der Waals surface area (Å²) in [5.41, 5.74) is 0.266. The van der Waals surface area contributed by atoms with Crippen LogP contribution in [0, 0.1) is 35.5 Å². The Morgan fingerprint density at radius 3 is 1.16 bits per heavy atom. The Bertz CT molecular complexity index is 604. The molecule has 2 amide bonds. The summed E-state index contributed by atoms with van der Waals surface area (Å²) in [6.45, 7) is 0. The van der Waals surface area contributed by atoms with Crippen molar-refractivity contribution in [2.75, 3.05) is 11.5 Å². The van der Waals surface area contributed by atoms with Gasteiger partial charge in [-0.15, -0.1) is 0 Å². The molecule has 0 spiro atoms. The molecule has 8 aliphatic rings. The Balaban J connectivity index is 0.898. The minimum absolute atomic E-state index is 0.133. The summed E-state index contributed by atoms with van der Waals surface area (Å²) >= 11 is 1.77. The number of thioether (sulfide) groups is 1. The van der Waals surface area contributed by atoms with Crippen molar-refractivity contribution in [1.29, 1.82) is 0 Å². The lowest BCUT2D eigenvalue weighted by Gasteiger charge is -2.56. The molecule has 8 bridgehead atoms. The van der Waals surface area contributed by atoms with Gasteiger partial charge in [0.1, 0.15) is 0 Å². The highest BCUT2D eigenvalue weighted by molar-refractivity contribution is 7.99. The van der Waals surface area contributed by atoms with Gasteiger partial charge in [-0.3, -0.25) is 9.59 Å². The Hall–Kier alpha value is -0.710. The quantitative estimate of drug-likeness (QED) is 0.535. The molecule has 5 heteroatoms. The molecule has 0 aromatic carbocycles. The molecule has 8 rings (SSSR count). The van der Waals surface area contributed by atoms with E-state index < -0.39 is 0 Å². The number of hydrogen-bond acceptors (Lipinski definition) is 3. The van der Waals surface area contributed by atoms with Crippen LogP contribution in [-0.4, -0.2) is 34.4 Å². The summed E-state index contributed by atoms with van der Waals surface area (Å²) < 4.78 is 0. The van der Waals surface area contributed by atoms with E-state index in [1.165, 1.54) is 77.0 Å². The normalized spacial score (nSPS) is 46.3. The number of amides is 2. The predicted octanol–water partition coefficient (Wildman–Crippen LogP) is 4.67. The summed E-state index contributed by atoms with van der Waals surface area (Å²) in [7, 11) is 0. The third-order valence-corrected chi connectivity index (χ3v) is 10.8. The van der Waals surface area contributed by atoms with Crippen LogP contribution in [0.3, 0.4) is 0 Å². The molecule has 0 aliphatic heterocycles. The Morgan fingerprint density at radius 1 is 0.581 bits per heavy atom. The van der Waals surface area contributed by atoms with E-state index in [0.717, 1.165) is 47.0 Å². The van der Waals surface area contributed by atoms with E-state index in [-0.39, 0.29) is 22.9 Å². The SMILES string of the molecule is O=C(CCSCCC(=O)NC12CC3CC(CC(C3)C1)C2)NC12CC3CC(CC(C3)C1)C2. The van der Waals surface area contributed by atoms with Crippen molar-refractivity contribution in [3.63, 3.8) is 0 Å². The van der Waals surface area contributed by atoms with Crippen LogP contribution in [-0.2, 0) is 9.59 Å². The zero-order valence-corrected chi connectivity index (χ0v) is 19.8. The van der Waals surface area contributed by atoms with E-state index in [1.807, 2.05) is 0 Å². The molecule has 172 valence electrons. The van der Waals surface area contributed by atoms with Crippen LogP contribution in [0.5, 0.6) is 0 Å². The van der Waals surface area contributed by atoms with Crippen molar-refractivity contribution >= 4 is 23.6 Å². The van der Waals surface area contributed by atoms with Gasteiger partial charge < -0.3 is 10.6 Å². The molecule has 0 aromatic heterocycles. The fourth-order valence-electron chi connectivity index (χ4n) is 9.68. The van der Waals surface area contributed by atoms with E-state index in [4.69, 9.17) is 0 Å². The molecule has 0 unspecified atom stereocenters. The molecule has 8 saturated carbocycles. The smallest absolute Gasteiger partial charge is 0.221 e. The van der Waals surface area contributed by atoms with E-state index in [2.05, 4.69) is 10.6 Å². The molecule has 4 nitrogen and oxygen atoms in total. The molecule has 8 fully saturated rings. The summed E-state index contributed by atoms with van der Waals surface area (Å²) in [6, 6.07) is 0. The summed E-state index contributed by atoms with van der Waals surface area (Å²) in [4.78, 5) is 25.3. The van der Waals surface area contributed by atoms with E-state index in [1.54, 1.807) is 11.8 Å². The number of carbonyl (C=O) groups excluding carboxylic acids is 2. The van der Waals surface area contributed by atoms with Gasteiger partial charge in [-0.1, -0.05) is 0 Å². The van der Waals surface area contributed by atoms with E-state index >= 15 is 0 Å². The maximum Gasteiger partial charge on any atom is 0.221 e. The Kier molecular flexibility index (Phi) is 5.35. The average molecular weight is 445 g/mol. The number of nitrogens with one attached hydrogen (secondary N) is 2. The fraction of sp³-hybridized carbons (Fsp3) is 0.923.